The molecular weight excluding hydrogens is 687 g/mol. The largest absolute Gasteiger partial charge is 0.507 e. The van der Waals surface area contributed by atoms with E-state index in [9.17, 15) is 29.0 Å². The topological polar surface area (TPSA) is 209 Å². The normalized spacial score (nSPS) is 10.7. The number of carbonyl (C=O) groups excluding carboxylic acids is 2. The highest BCUT2D eigenvalue weighted by Gasteiger charge is 2.13. The third kappa shape index (κ3) is 12.0. The van der Waals surface area contributed by atoms with Crippen molar-refractivity contribution in [2.45, 2.75) is 6.54 Å². The van der Waals surface area contributed by atoms with Crippen molar-refractivity contribution in [3.05, 3.63) is 125 Å². The number of carboxylic acid groups (broad SMARTS) is 1. The lowest BCUT2D eigenvalue weighted by Crippen LogP contribution is -2.27. The Morgan fingerprint density at radius 1 is 0.642 bits per heavy atom. The summed E-state index contributed by atoms with van der Waals surface area (Å²) in [7, 11) is 0. The molecule has 0 spiro atoms. The number of halogens is 1. The molecule has 0 bridgehead atoms. The van der Waals surface area contributed by atoms with Crippen LogP contribution in [0.3, 0.4) is 0 Å². The Kier molecular flexibility index (Phi) is 13.5. The molecule has 16 heteroatoms. The van der Waals surface area contributed by atoms with Crippen LogP contribution in [-0.4, -0.2) is 82.5 Å². The van der Waals surface area contributed by atoms with Crippen molar-refractivity contribution in [1.82, 2.24) is 25.6 Å². The van der Waals surface area contributed by atoms with Crippen LogP contribution < -0.4 is 26.6 Å². The van der Waals surface area contributed by atoms with Gasteiger partial charge < -0.3 is 46.3 Å². The van der Waals surface area contributed by atoms with E-state index in [4.69, 9.17) is 9.47 Å². The van der Waals surface area contributed by atoms with Crippen molar-refractivity contribution in [2.75, 3.05) is 55.5 Å². The molecule has 0 aliphatic heterocycles. The van der Waals surface area contributed by atoms with Crippen LogP contribution in [0.4, 0.5) is 33.6 Å². The lowest BCUT2D eigenvalue weighted by atomic mass is 10.1. The van der Waals surface area contributed by atoms with Gasteiger partial charge >= 0.3 is 5.97 Å². The van der Waals surface area contributed by atoms with E-state index in [1.54, 1.807) is 60.7 Å². The quantitative estimate of drug-likeness (QED) is 0.0456. The molecule has 1 heterocycles. The Balaban J connectivity index is 1.14. The van der Waals surface area contributed by atoms with Gasteiger partial charge in [0.15, 0.2) is 0 Å². The van der Waals surface area contributed by atoms with Gasteiger partial charge in [-0.15, -0.1) is 0 Å². The number of hydrogen-bond donors (Lipinski definition) is 7. The van der Waals surface area contributed by atoms with Crippen LogP contribution in [0.5, 0.6) is 5.75 Å². The van der Waals surface area contributed by atoms with Crippen molar-refractivity contribution in [3.8, 4) is 5.75 Å². The lowest BCUT2D eigenvalue weighted by Gasteiger charge is -2.13. The number of nitrogens with zero attached hydrogens (tertiary/aromatic N) is 3. The van der Waals surface area contributed by atoms with Gasteiger partial charge in [-0.3, -0.25) is 9.59 Å². The summed E-state index contributed by atoms with van der Waals surface area (Å²) in [6.07, 6.45) is 0. The first-order valence-corrected chi connectivity index (χ1v) is 16.5. The Morgan fingerprint density at radius 3 is 1.91 bits per heavy atom. The number of nitrogens with one attached hydrogen (secondary N) is 5. The molecule has 0 aliphatic rings. The Morgan fingerprint density at radius 2 is 1.23 bits per heavy atom. The maximum absolute atomic E-state index is 13.2. The number of anilines is 5. The molecule has 15 nitrogen and oxygen atoms in total. The predicted molar refractivity (Wildman–Crippen MR) is 194 cm³/mol. The summed E-state index contributed by atoms with van der Waals surface area (Å²) >= 11 is 0. The number of aromatic hydroxyl groups is 1. The molecule has 2 amide bonds. The summed E-state index contributed by atoms with van der Waals surface area (Å²) in [6.45, 7) is 2.18. The standard InChI is InChI=1S/C37H37FN8O7/c38-27-10-6-24(7-11-27)23-41-33(49)26-8-12-28(13-9-26)42-36-44-35(45-37(46-36)43-29-14-15-31(47)30(22-29)34(50)51)40-17-19-53-21-20-52-18-16-39-32(48)25-4-2-1-3-5-25/h1-15,22,47H,16-21,23H2,(H,39,48)(H,41,49)(H,50,51)(H3,40,42,43,44,45,46). The molecule has 274 valence electrons. The van der Waals surface area contributed by atoms with Gasteiger partial charge in [0.05, 0.1) is 26.4 Å². The van der Waals surface area contributed by atoms with E-state index in [1.807, 2.05) is 6.07 Å². The van der Waals surface area contributed by atoms with E-state index in [2.05, 4.69) is 41.5 Å². The molecule has 0 radical (unpaired) electrons. The second kappa shape index (κ2) is 19.1. The van der Waals surface area contributed by atoms with Crippen LogP contribution in [0.15, 0.2) is 97.1 Å². The van der Waals surface area contributed by atoms with Gasteiger partial charge in [-0.1, -0.05) is 30.3 Å². The van der Waals surface area contributed by atoms with Crippen molar-refractivity contribution in [1.29, 1.82) is 0 Å². The summed E-state index contributed by atoms with van der Waals surface area (Å²) in [5.41, 5.74) is 2.30. The number of carbonyl (C=O) groups is 3. The SMILES string of the molecule is O=C(NCCOCCOCCNc1nc(Nc2ccc(C(=O)NCc3ccc(F)cc3)cc2)nc(Nc2ccc(O)c(C(=O)O)c2)n1)c1ccccc1. The first-order chi connectivity index (χ1) is 25.7. The number of amides is 2. The summed E-state index contributed by atoms with van der Waals surface area (Å²) in [5, 5.41) is 34.0. The van der Waals surface area contributed by atoms with Gasteiger partial charge in [0.2, 0.25) is 17.8 Å². The number of aromatic carboxylic acids is 1. The molecular formula is C37H37FN8O7. The molecule has 0 atom stereocenters. The van der Waals surface area contributed by atoms with E-state index in [1.165, 1.54) is 30.3 Å². The summed E-state index contributed by atoms with van der Waals surface area (Å²) in [4.78, 5) is 49.4. The maximum Gasteiger partial charge on any atom is 0.339 e. The van der Waals surface area contributed by atoms with Crippen LogP contribution in [-0.2, 0) is 16.0 Å². The van der Waals surface area contributed by atoms with Gasteiger partial charge in [-0.2, -0.15) is 15.0 Å². The summed E-state index contributed by atoms with van der Waals surface area (Å²) < 4.78 is 24.3. The van der Waals surface area contributed by atoms with Crippen LogP contribution in [0, 0.1) is 5.82 Å². The molecule has 0 saturated heterocycles. The third-order valence-electron chi connectivity index (χ3n) is 7.36. The first kappa shape index (κ1) is 37.6. The zero-order valence-electron chi connectivity index (χ0n) is 28.3. The van der Waals surface area contributed by atoms with Crippen LogP contribution in [0.25, 0.3) is 0 Å². The van der Waals surface area contributed by atoms with E-state index >= 15 is 0 Å². The van der Waals surface area contributed by atoms with E-state index < -0.39 is 11.7 Å². The van der Waals surface area contributed by atoms with Crippen molar-refractivity contribution >= 4 is 47.0 Å². The average Bonchev–Trinajstić information content (AvgIpc) is 3.16. The monoisotopic (exact) mass is 724 g/mol. The summed E-state index contributed by atoms with van der Waals surface area (Å²) in [6, 6.07) is 25.3. The van der Waals surface area contributed by atoms with Crippen molar-refractivity contribution in [3.63, 3.8) is 0 Å². The number of hydrogen-bond acceptors (Lipinski definition) is 12. The Hall–Kier alpha value is -6.65. The number of aromatic nitrogens is 3. The van der Waals surface area contributed by atoms with Crippen LogP contribution >= 0.6 is 0 Å². The number of rotatable bonds is 19. The number of carboxylic acids is 1. The number of phenols is 1. The molecule has 1 aromatic heterocycles. The zero-order chi connectivity index (χ0) is 37.4. The number of ether oxygens (including phenoxy) is 2. The zero-order valence-corrected chi connectivity index (χ0v) is 28.3. The average molecular weight is 725 g/mol. The van der Waals surface area contributed by atoms with Crippen LogP contribution in [0.2, 0.25) is 0 Å². The molecule has 4 aromatic carbocycles. The van der Waals surface area contributed by atoms with Crippen LogP contribution in [0.1, 0.15) is 36.6 Å². The first-order valence-electron chi connectivity index (χ1n) is 16.5. The molecule has 53 heavy (non-hydrogen) atoms. The highest BCUT2D eigenvalue weighted by atomic mass is 19.1. The van der Waals surface area contributed by atoms with E-state index in [-0.39, 0.29) is 54.2 Å². The fraction of sp³-hybridized carbons (Fsp3) is 0.189. The predicted octanol–water partition coefficient (Wildman–Crippen LogP) is 4.71. The maximum atomic E-state index is 13.2. The highest BCUT2D eigenvalue weighted by molar-refractivity contribution is 5.95. The summed E-state index contributed by atoms with van der Waals surface area (Å²) in [5.74, 6) is -2.16. The minimum atomic E-state index is -1.31. The van der Waals surface area contributed by atoms with Gasteiger partial charge in [-0.05, 0) is 72.3 Å². The van der Waals surface area contributed by atoms with Gasteiger partial charge in [0.25, 0.3) is 11.8 Å². The second-order valence-electron chi connectivity index (χ2n) is 11.3. The van der Waals surface area contributed by atoms with Gasteiger partial charge in [0.1, 0.15) is 17.1 Å². The molecule has 0 aliphatic carbocycles. The fourth-order valence-corrected chi connectivity index (χ4v) is 4.69. The lowest BCUT2D eigenvalue weighted by molar-refractivity contribution is 0.0519. The highest BCUT2D eigenvalue weighted by Crippen LogP contribution is 2.24. The fourth-order valence-electron chi connectivity index (χ4n) is 4.69. The molecule has 7 N–H and O–H groups in total. The molecule has 5 rings (SSSR count). The van der Waals surface area contributed by atoms with Gasteiger partial charge in [-0.25, -0.2) is 9.18 Å². The van der Waals surface area contributed by atoms with Crippen molar-refractivity contribution in [2.24, 2.45) is 0 Å². The van der Waals surface area contributed by atoms with Gasteiger partial charge in [0, 0.05) is 42.1 Å². The Labute approximate surface area is 303 Å². The third-order valence-corrected chi connectivity index (χ3v) is 7.36. The molecule has 0 saturated carbocycles. The molecule has 5 aromatic rings. The molecule has 0 unspecified atom stereocenters. The van der Waals surface area contributed by atoms with E-state index in [0.29, 0.717) is 55.4 Å². The second-order valence-corrected chi connectivity index (χ2v) is 11.3. The number of benzene rings is 4. The minimum absolute atomic E-state index is 0.0671. The van der Waals surface area contributed by atoms with Crippen molar-refractivity contribution < 1.29 is 38.5 Å². The smallest absolute Gasteiger partial charge is 0.339 e. The van der Waals surface area contributed by atoms with E-state index in [0.717, 1.165) is 5.56 Å². The Bertz CT molecular complexity index is 1980. The molecule has 0 fully saturated rings. The minimum Gasteiger partial charge on any atom is -0.507 e.